The first-order valence-corrected chi connectivity index (χ1v) is 6.89. The fourth-order valence-electron chi connectivity index (χ4n) is 2.06. The number of ether oxygens (including phenoxy) is 3. The van der Waals surface area contributed by atoms with E-state index in [9.17, 15) is 9.59 Å². The predicted octanol–water partition coefficient (Wildman–Crippen LogP) is 1.12. The topological polar surface area (TPSA) is 114 Å². The van der Waals surface area contributed by atoms with Gasteiger partial charge in [-0.1, -0.05) is 0 Å². The van der Waals surface area contributed by atoms with Crippen LogP contribution in [0, 0.1) is 0 Å². The first-order chi connectivity index (χ1) is 10.9. The molecule has 0 saturated carbocycles. The first-order valence-electron chi connectivity index (χ1n) is 6.89. The van der Waals surface area contributed by atoms with Gasteiger partial charge >= 0.3 is 11.9 Å². The van der Waals surface area contributed by atoms with Crippen molar-refractivity contribution >= 4 is 11.9 Å². The molecular weight excluding hydrogens is 306 g/mol. The van der Waals surface area contributed by atoms with Crippen LogP contribution in [-0.4, -0.2) is 49.5 Å². The predicted molar refractivity (Wildman–Crippen MR) is 81.2 cm³/mol. The SMILES string of the molecule is COc1cc(CN[C@@H](CCC(=O)O)C(=O)O)cc(OC)c1OC. The number of nitrogens with one attached hydrogen (secondary N) is 1. The van der Waals surface area contributed by atoms with Gasteiger partial charge in [0.25, 0.3) is 0 Å². The van der Waals surface area contributed by atoms with Crippen molar-refractivity contribution in [1.29, 1.82) is 0 Å². The summed E-state index contributed by atoms with van der Waals surface area (Å²) in [5.74, 6) is -0.772. The van der Waals surface area contributed by atoms with Gasteiger partial charge in [-0.15, -0.1) is 0 Å². The highest BCUT2D eigenvalue weighted by molar-refractivity contribution is 5.75. The van der Waals surface area contributed by atoms with Gasteiger partial charge in [0.05, 0.1) is 21.3 Å². The molecule has 0 spiro atoms. The molecule has 0 aromatic heterocycles. The molecule has 23 heavy (non-hydrogen) atoms. The molecule has 0 unspecified atom stereocenters. The highest BCUT2D eigenvalue weighted by Gasteiger charge is 2.19. The average molecular weight is 327 g/mol. The van der Waals surface area contributed by atoms with E-state index in [2.05, 4.69) is 5.32 Å². The molecule has 0 heterocycles. The summed E-state index contributed by atoms with van der Waals surface area (Å²) in [7, 11) is 4.47. The molecule has 128 valence electrons. The number of benzene rings is 1. The molecular formula is C15H21NO7. The lowest BCUT2D eigenvalue weighted by Gasteiger charge is -2.16. The lowest BCUT2D eigenvalue weighted by atomic mass is 10.1. The van der Waals surface area contributed by atoms with E-state index >= 15 is 0 Å². The number of carbonyl (C=O) groups is 2. The van der Waals surface area contributed by atoms with Crippen molar-refractivity contribution in [2.24, 2.45) is 0 Å². The van der Waals surface area contributed by atoms with Gasteiger partial charge < -0.3 is 29.7 Å². The fourth-order valence-corrected chi connectivity index (χ4v) is 2.06. The van der Waals surface area contributed by atoms with Gasteiger partial charge in [-0.3, -0.25) is 9.59 Å². The second-order valence-electron chi connectivity index (χ2n) is 4.74. The molecule has 1 rings (SSSR count). The van der Waals surface area contributed by atoms with Gasteiger partial charge in [-0.2, -0.15) is 0 Å². The molecule has 0 bridgehead atoms. The molecule has 1 aromatic rings. The van der Waals surface area contributed by atoms with Crippen LogP contribution in [0.15, 0.2) is 12.1 Å². The Kier molecular flexibility index (Phi) is 7.14. The standard InChI is InChI=1S/C15H21NO7/c1-21-11-6-9(7-12(22-2)14(11)23-3)8-16-10(15(19)20)4-5-13(17)18/h6-7,10,16H,4-5,8H2,1-3H3,(H,17,18)(H,19,20)/t10-/m0/s1. The van der Waals surface area contributed by atoms with Crippen LogP contribution < -0.4 is 19.5 Å². The Morgan fingerprint density at radius 1 is 1.09 bits per heavy atom. The number of methoxy groups -OCH3 is 3. The summed E-state index contributed by atoms with van der Waals surface area (Å²) >= 11 is 0. The third kappa shape index (κ3) is 5.33. The molecule has 1 aromatic carbocycles. The lowest BCUT2D eigenvalue weighted by molar-refractivity contribution is -0.140. The largest absolute Gasteiger partial charge is 0.493 e. The maximum absolute atomic E-state index is 11.2. The smallest absolute Gasteiger partial charge is 0.320 e. The van der Waals surface area contributed by atoms with Gasteiger partial charge in [0, 0.05) is 13.0 Å². The van der Waals surface area contributed by atoms with E-state index in [4.69, 9.17) is 24.4 Å². The summed E-state index contributed by atoms with van der Waals surface area (Å²) in [5.41, 5.74) is 0.723. The van der Waals surface area contributed by atoms with Crippen molar-refractivity contribution in [2.45, 2.75) is 25.4 Å². The number of rotatable bonds is 10. The first kappa shape index (κ1) is 18.6. The molecule has 1 atom stereocenters. The molecule has 0 aliphatic carbocycles. The molecule has 0 amide bonds. The lowest BCUT2D eigenvalue weighted by Crippen LogP contribution is -2.36. The van der Waals surface area contributed by atoms with Crippen LogP contribution in [0.1, 0.15) is 18.4 Å². The Labute approximate surface area is 134 Å². The molecule has 0 aliphatic heterocycles. The van der Waals surface area contributed by atoms with Crippen molar-refractivity contribution in [3.8, 4) is 17.2 Å². The molecule has 0 saturated heterocycles. The second-order valence-corrected chi connectivity index (χ2v) is 4.74. The normalized spacial score (nSPS) is 11.6. The molecule has 0 fully saturated rings. The summed E-state index contributed by atoms with van der Waals surface area (Å²) in [6.07, 6.45) is -0.228. The zero-order valence-electron chi connectivity index (χ0n) is 13.3. The molecule has 8 nitrogen and oxygen atoms in total. The van der Waals surface area contributed by atoms with Gasteiger partial charge in [-0.05, 0) is 24.1 Å². The van der Waals surface area contributed by atoms with Crippen molar-refractivity contribution < 1.29 is 34.0 Å². The van der Waals surface area contributed by atoms with Crippen molar-refractivity contribution in [3.63, 3.8) is 0 Å². The van der Waals surface area contributed by atoms with Gasteiger partial charge in [0.15, 0.2) is 11.5 Å². The number of aliphatic carboxylic acids is 2. The van der Waals surface area contributed by atoms with Crippen LogP contribution >= 0.6 is 0 Å². The van der Waals surface area contributed by atoms with E-state index in [1.165, 1.54) is 21.3 Å². The maximum Gasteiger partial charge on any atom is 0.320 e. The van der Waals surface area contributed by atoms with Crippen LogP contribution in [0.5, 0.6) is 17.2 Å². The van der Waals surface area contributed by atoms with E-state index in [0.717, 1.165) is 5.56 Å². The summed E-state index contributed by atoms with van der Waals surface area (Å²) < 4.78 is 15.7. The Hall–Kier alpha value is -2.48. The zero-order chi connectivity index (χ0) is 17.4. The van der Waals surface area contributed by atoms with Crippen molar-refractivity contribution in [2.75, 3.05) is 21.3 Å². The number of hydrogen-bond acceptors (Lipinski definition) is 6. The minimum Gasteiger partial charge on any atom is -0.493 e. The Morgan fingerprint density at radius 2 is 1.65 bits per heavy atom. The van der Waals surface area contributed by atoms with Gasteiger partial charge in [0.2, 0.25) is 5.75 Å². The van der Waals surface area contributed by atoms with Crippen LogP contribution in [-0.2, 0) is 16.1 Å². The van der Waals surface area contributed by atoms with Crippen molar-refractivity contribution in [1.82, 2.24) is 5.32 Å². The summed E-state index contributed by atoms with van der Waals surface area (Å²) in [6.45, 7) is 0.216. The highest BCUT2D eigenvalue weighted by Crippen LogP contribution is 2.38. The van der Waals surface area contributed by atoms with E-state index < -0.39 is 18.0 Å². The summed E-state index contributed by atoms with van der Waals surface area (Å²) in [4.78, 5) is 21.7. The minimum absolute atomic E-state index is 0.00487. The third-order valence-electron chi connectivity index (χ3n) is 3.22. The van der Waals surface area contributed by atoms with Crippen LogP contribution in [0.4, 0.5) is 0 Å². The number of carboxylic acid groups (broad SMARTS) is 2. The Bertz CT molecular complexity index is 534. The Balaban J connectivity index is 2.86. The van der Waals surface area contributed by atoms with Crippen LogP contribution in [0.3, 0.4) is 0 Å². The van der Waals surface area contributed by atoms with Crippen molar-refractivity contribution in [3.05, 3.63) is 17.7 Å². The number of carboxylic acids is 2. The average Bonchev–Trinajstić information content (AvgIpc) is 2.52. The second kappa shape index (κ2) is 8.84. The molecule has 3 N–H and O–H groups in total. The molecule has 0 aliphatic rings. The zero-order valence-corrected chi connectivity index (χ0v) is 13.3. The molecule has 8 heteroatoms. The van der Waals surface area contributed by atoms with E-state index in [1.807, 2.05) is 0 Å². The minimum atomic E-state index is -1.10. The molecule has 0 radical (unpaired) electrons. The summed E-state index contributed by atoms with van der Waals surface area (Å²) in [5, 5.41) is 20.6. The van der Waals surface area contributed by atoms with E-state index in [0.29, 0.717) is 17.2 Å². The fraction of sp³-hybridized carbons (Fsp3) is 0.467. The quantitative estimate of drug-likeness (QED) is 0.586. The Morgan fingerprint density at radius 3 is 2.04 bits per heavy atom. The number of hydrogen-bond donors (Lipinski definition) is 3. The maximum atomic E-state index is 11.2. The van der Waals surface area contributed by atoms with Crippen LogP contribution in [0.2, 0.25) is 0 Å². The highest BCUT2D eigenvalue weighted by atomic mass is 16.5. The van der Waals surface area contributed by atoms with E-state index in [-0.39, 0.29) is 19.4 Å². The van der Waals surface area contributed by atoms with Gasteiger partial charge in [-0.25, -0.2) is 0 Å². The third-order valence-corrected chi connectivity index (χ3v) is 3.22. The van der Waals surface area contributed by atoms with Crippen LogP contribution in [0.25, 0.3) is 0 Å². The van der Waals surface area contributed by atoms with E-state index in [1.54, 1.807) is 12.1 Å². The monoisotopic (exact) mass is 327 g/mol. The summed E-state index contributed by atoms with van der Waals surface area (Å²) in [6, 6.07) is 2.44. The van der Waals surface area contributed by atoms with Gasteiger partial charge in [0.1, 0.15) is 6.04 Å².